The molecular formula is C14H19NOS. The van der Waals surface area contributed by atoms with Crippen LogP contribution in [0.1, 0.15) is 25.7 Å². The van der Waals surface area contributed by atoms with Gasteiger partial charge in [-0.25, -0.2) is 0 Å². The van der Waals surface area contributed by atoms with E-state index in [4.69, 9.17) is 5.73 Å². The number of benzene rings is 1. The molecular weight excluding hydrogens is 230 g/mol. The number of para-hydroxylation sites is 1. The van der Waals surface area contributed by atoms with E-state index in [0.29, 0.717) is 11.6 Å². The van der Waals surface area contributed by atoms with Gasteiger partial charge >= 0.3 is 0 Å². The predicted octanol–water partition coefficient (Wildman–Crippen LogP) is 2.81. The van der Waals surface area contributed by atoms with Crippen molar-refractivity contribution < 1.29 is 4.21 Å². The first-order valence-electron chi connectivity index (χ1n) is 6.47. The molecule has 0 heterocycles. The summed E-state index contributed by atoms with van der Waals surface area (Å²) >= 11 is 0. The van der Waals surface area contributed by atoms with Gasteiger partial charge in [-0.1, -0.05) is 18.6 Å². The first-order chi connectivity index (χ1) is 8.24. The highest BCUT2D eigenvalue weighted by Crippen LogP contribution is 2.48. The minimum atomic E-state index is -0.912. The van der Waals surface area contributed by atoms with E-state index in [2.05, 4.69) is 0 Å². The Balaban J connectivity index is 1.70. The molecule has 2 aliphatic rings. The summed E-state index contributed by atoms with van der Waals surface area (Å²) in [5.74, 6) is 3.26. The van der Waals surface area contributed by atoms with Gasteiger partial charge in [-0.3, -0.25) is 4.21 Å². The quantitative estimate of drug-likeness (QED) is 0.837. The summed E-state index contributed by atoms with van der Waals surface area (Å²) in [5.41, 5.74) is 6.55. The van der Waals surface area contributed by atoms with E-state index < -0.39 is 10.8 Å². The summed E-state index contributed by atoms with van der Waals surface area (Å²) in [7, 11) is -0.912. The fraction of sp³-hybridized carbons (Fsp3) is 0.571. The highest BCUT2D eigenvalue weighted by atomic mass is 32.2. The Kier molecular flexibility index (Phi) is 2.95. The van der Waals surface area contributed by atoms with Crippen LogP contribution in [0.5, 0.6) is 0 Å². The number of rotatable bonds is 3. The molecule has 1 aromatic rings. The zero-order chi connectivity index (χ0) is 11.8. The van der Waals surface area contributed by atoms with Crippen molar-refractivity contribution in [3.8, 4) is 0 Å². The Labute approximate surface area is 105 Å². The number of hydrogen-bond donors (Lipinski definition) is 1. The minimum absolute atomic E-state index is 0.675. The Morgan fingerprint density at radius 2 is 2.06 bits per heavy atom. The van der Waals surface area contributed by atoms with Crippen molar-refractivity contribution in [1.82, 2.24) is 0 Å². The van der Waals surface area contributed by atoms with Crippen molar-refractivity contribution in [3.63, 3.8) is 0 Å². The molecule has 3 rings (SSSR count). The number of nitrogens with two attached hydrogens (primary N) is 1. The summed E-state index contributed by atoms with van der Waals surface area (Å²) in [6.07, 6.45) is 5.44. The second-order valence-corrected chi connectivity index (χ2v) is 6.95. The third kappa shape index (κ3) is 2.13. The van der Waals surface area contributed by atoms with E-state index in [1.165, 1.54) is 25.7 Å². The van der Waals surface area contributed by atoms with Crippen molar-refractivity contribution in [3.05, 3.63) is 24.3 Å². The van der Waals surface area contributed by atoms with Crippen LogP contribution in [-0.2, 0) is 10.8 Å². The molecule has 17 heavy (non-hydrogen) atoms. The number of hydrogen-bond acceptors (Lipinski definition) is 2. The first-order valence-corrected chi connectivity index (χ1v) is 7.79. The molecule has 3 heteroatoms. The second-order valence-electron chi connectivity index (χ2n) is 5.48. The summed E-state index contributed by atoms with van der Waals surface area (Å²) in [5, 5.41) is 0. The molecule has 2 aliphatic carbocycles. The van der Waals surface area contributed by atoms with Crippen molar-refractivity contribution in [2.45, 2.75) is 30.6 Å². The number of fused-ring (bicyclic) bond motifs is 2. The highest BCUT2D eigenvalue weighted by molar-refractivity contribution is 7.85. The lowest BCUT2D eigenvalue weighted by Gasteiger charge is -2.21. The maximum Gasteiger partial charge on any atom is 0.0617 e. The van der Waals surface area contributed by atoms with Crippen molar-refractivity contribution in [2.75, 3.05) is 11.5 Å². The van der Waals surface area contributed by atoms with Gasteiger partial charge in [-0.05, 0) is 49.1 Å². The van der Waals surface area contributed by atoms with Crippen LogP contribution in [0.4, 0.5) is 5.69 Å². The topological polar surface area (TPSA) is 43.1 Å². The van der Waals surface area contributed by atoms with Gasteiger partial charge in [0, 0.05) is 11.4 Å². The second kappa shape index (κ2) is 4.45. The van der Waals surface area contributed by atoms with Crippen LogP contribution < -0.4 is 5.73 Å². The van der Waals surface area contributed by atoms with Crippen LogP contribution in [0, 0.1) is 17.8 Å². The van der Waals surface area contributed by atoms with Gasteiger partial charge in [0.05, 0.1) is 15.7 Å². The summed E-state index contributed by atoms with van der Waals surface area (Å²) in [6, 6.07) is 7.56. The average Bonchev–Trinajstić information content (AvgIpc) is 2.91. The molecule has 0 radical (unpaired) electrons. The number of nitrogen functional groups attached to an aromatic ring is 1. The summed E-state index contributed by atoms with van der Waals surface area (Å²) < 4.78 is 12.3. The van der Waals surface area contributed by atoms with E-state index in [9.17, 15) is 4.21 Å². The van der Waals surface area contributed by atoms with Gasteiger partial charge in [-0.2, -0.15) is 0 Å². The van der Waals surface area contributed by atoms with Crippen LogP contribution in [0.2, 0.25) is 0 Å². The van der Waals surface area contributed by atoms with Gasteiger partial charge < -0.3 is 5.73 Å². The molecule has 2 saturated carbocycles. The maximum atomic E-state index is 12.3. The third-order valence-corrected chi connectivity index (χ3v) is 6.01. The van der Waals surface area contributed by atoms with E-state index in [-0.39, 0.29) is 0 Å². The average molecular weight is 249 g/mol. The molecule has 2 fully saturated rings. The van der Waals surface area contributed by atoms with Crippen molar-refractivity contribution in [2.24, 2.45) is 17.8 Å². The van der Waals surface area contributed by atoms with Crippen LogP contribution in [0.3, 0.4) is 0 Å². The molecule has 0 aliphatic heterocycles. The van der Waals surface area contributed by atoms with Crippen molar-refractivity contribution >= 4 is 16.5 Å². The SMILES string of the molecule is Nc1ccccc1S(=O)CC1CC2CCC1C2. The third-order valence-electron chi connectivity index (χ3n) is 4.41. The monoisotopic (exact) mass is 249 g/mol. The van der Waals surface area contributed by atoms with E-state index >= 15 is 0 Å². The predicted molar refractivity (Wildman–Crippen MR) is 71.1 cm³/mol. The lowest BCUT2D eigenvalue weighted by molar-refractivity contribution is 0.363. The molecule has 0 spiro atoms. The van der Waals surface area contributed by atoms with Crippen molar-refractivity contribution in [1.29, 1.82) is 0 Å². The molecule has 0 saturated heterocycles. The van der Waals surface area contributed by atoms with E-state index in [1.54, 1.807) is 0 Å². The standard InChI is InChI=1S/C14H19NOS/c15-13-3-1-2-4-14(13)17(16)9-12-8-10-5-6-11(12)7-10/h1-4,10-12H,5-9,15H2. The molecule has 1 aromatic carbocycles. The highest BCUT2D eigenvalue weighted by Gasteiger charge is 2.40. The van der Waals surface area contributed by atoms with Crippen LogP contribution >= 0.6 is 0 Å². The molecule has 2 N–H and O–H groups in total. The molecule has 0 aromatic heterocycles. The van der Waals surface area contributed by atoms with Gasteiger partial charge in [0.15, 0.2) is 0 Å². The van der Waals surface area contributed by atoms with Gasteiger partial charge in [0.1, 0.15) is 0 Å². The molecule has 0 amide bonds. The summed E-state index contributed by atoms with van der Waals surface area (Å²) in [4.78, 5) is 0.829. The molecule has 2 nitrogen and oxygen atoms in total. The Morgan fingerprint density at radius 1 is 1.24 bits per heavy atom. The lowest BCUT2D eigenvalue weighted by Crippen LogP contribution is -2.18. The zero-order valence-electron chi connectivity index (χ0n) is 9.97. The Hall–Kier alpha value is -0.830. The molecule has 2 bridgehead atoms. The van der Waals surface area contributed by atoms with Gasteiger partial charge in [0.2, 0.25) is 0 Å². The maximum absolute atomic E-state index is 12.3. The lowest BCUT2D eigenvalue weighted by atomic mass is 9.90. The van der Waals surface area contributed by atoms with Crippen LogP contribution in [-0.4, -0.2) is 9.96 Å². The van der Waals surface area contributed by atoms with E-state index in [1.807, 2.05) is 24.3 Å². The van der Waals surface area contributed by atoms with Gasteiger partial charge in [-0.15, -0.1) is 0 Å². The van der Waals surface area contributed by atoms with Crippen LogP contribution in [0.15, 0.2) is 29.2 Å². The number of anilines is 1. The molecule has 92 valence electrons. The van der Waals surface area contributed by atoms with Crippen LogP contribution in [0.25, 0.3) is 0 Å². The largest absolute Gasteiger partial charge is 0.398 e. The molecule has 4 unspecified atom stereocenters. The first kappa shape index (κ1) is 11.3. The Bertz CT molecular complexity index is 446. The fourth-order valence-electron chi connectivity index (χ4n) is 3.55. The summed E-state index contributed by atoms with van der Waals surface area (Å²) in [6.45, 7) is 0. The smallest absolute Gasteiger partial charge is 0.0617 e. The zero-order valence-corrected chi connectivity index (χ0v) is 10.8. The van der Waals surface area contributed by atoms with E-state index in [0.717, 1.165) is 22.5 Å². The van der Waals surface area contributed by atoms with Gasteiger partial charge in [0.25, 0.3) is 0 Å². The Morgan fingerprint density at radius 3 is 2.71 bits per heavy atom. The normalized spacial score (nSPS) is 32.8. The minimum Gasteiger partial charge on any atom is -0.398 e. The fourth-order valence-corrected chi connectivity index (χ4v) is 5.09. The molecule has 4 atom stereocenters.